The third-order valence-electron chi connectivity index (χ3n) is 3.70. The van der Waals surface area contributed by atoms with Gasteiger partial charge >= 0.3 is 6.09 Å². The molecule has 1 amide bonds. The Hall–Kier alpha value is -1.57. The van der Waals surface area contributed by atoms with E-state index in [1.165, 1.54) is 0 Å². The minimum absolute atomic E-state index is 0.0305. The Balaban J connectivity index is 2.22. The normalized spacial score (nSPS) is 30.7. The third-order valence-corrected chi connectivity index (χ3v) is 3.70. The fraction of sp³-hybridized carbons (Fsp3) is 0.786. The van der Waals surface area contributed by atoms with Gasteiger partial charge in [-0.3, -0.25) is 4.79 Å². The lowest BCUT2D eigenvalue weighted by atomic mass is 9.77. The van der Waals surface area contributed by atoms with Crippen LogP contribution in [-0.4, -0.2) is 34.5 Å². The number of carbonyl (C=O) groups is 2. The maximum Gasteiger partial charge on any atom is 0.410 e. The van der Waals surface area contributed by atoms with E-state index in [1.807, 2.05) is 20.8 Å². The molecule has 0 aromatic rings. The lowest BCUT2D eigenvalue weighted by molar-refractivity contribution is -0.130. The van der Waals surface area contributed by atoms with Crippen molar-refractivity contribution in [1.82, 2.24) is 4.90 Å². The van der Waals surface area contributed by atoms with E-state index < -0.39 is 17.6 Å². The van der Waals surface area contributed by atoms with Gasteiger partial charge in [-0.15, -0.1) is 0 Å². The van der Waals surface area contributed by atoms with Gasteiger partial charge in [-0.2, -0.15) is 5.26 Å². The molecular weight excluding hydrogens is 244 g/mol. The van der Waals surface area contributed by atoms with Crippen LogP contribution in [0, 0.1) is 17.2 Å². The molecule has 5 nitrogen and oxygen atoms in total. The predicted molar refractivity (Wildman–Crippen MR) is 68.2 cm³/mol. The van der Waals surface area contributed by atoms with Gasteiger partial charge in [-0.25, -0.2) is 4.79 Å². The van der Waals surface area contributed by atoms with Crippen LogP contribution in [0.5, 0.6) is 0 Å². The Kier molecular flexibility index (Phi) is 3.53. The maximum absolute atomic E-state index is 12.3. The van der Waals surface area contributed by atoms with Crippen LogP contribution in [0.1, 0.15) is 46.5 Å². The number of Topliss-reactive ketones (excluding diaryl/α,β-unsaturated/α-hetero) is 1. The number of amides is 1. The van der Waals surface area contributed by atoms with Crippen molar-refractivity contribution in [2.45, 2.75) is 64.1 Å². The van der Waals surface area contributed by atoms with Gasteiger partial charge in [0.15, 0.2) is 5.78 Å². The van der Waals surface area contributed by atoms with E-state index in [1.54, 1.807) is 4.90 Å². The van der Waals surface area contributed by atoms with Crippen molar-refractivity contribution < 1.29 is 14.3 Å². The Morgan fingerprint density at radius 1 is 1.42 bits per heavy atom. The smallest absolute Gasteiger partial charge is 0.410 e. The van der Waals surface area contributed by atoms with Gasteiger partial charge in [0, 0.05) is 12.5 Å². The number of piperidine rings is 2. The first kappa shape index (κ1) is 13.9. The lowest BCUT2D eigenvalue weighted by Crippen LogP contribution is -2.59. The molecule has 2 heterocycles. The Morgan fingerprint density at radius 3 is 2.68 bits per heavy atom. The average molecular weight is 264 g/mol. The molecule has 0 aromatic heterocycles. The van der Waals surface area contributed by atoms with Crippen LogP contribution in [0.25, 0.3) is 0 Å². The summed E-state index contributed by atoms with van der Waals surface area (Å²) >= 11 is 0. The summed E-state index contributed by atoms with van der Waals surface area (Å²) in [6.07, 6.45) is 2.38. The standard InChI is InChI=1S/C14H20N2O3/c1-14(2,3)19-13(18)16-9-5-4-6-11(16)10(8-15)12(17)7-9/h9-11H,4-7H2,1-3H3. The van der Waals surface area contributed by atoms with Crippen molar-refractivity contribution in [2.24, 2.45) is 5.92 Å². The molecule has 2 aliphatic heterocycles. The predicted octanol–water partition coefficient (Wildman–Crippen LogP) is 2.26. The number of hydrogen-bond acceptors (Lipinski definition) is 4. The Morgan fingerprint density at radius 2 is 2.11 bits per heavy atom. The molecule has 5 heteroatoms. The van der Waals surface area contributed by atoms with E-state index in [2.05, 4.69) is 6.07 Å². The van der Waals surface area contributed by atoms with Crippen LogP contribution in [0.15, 0.2) is 0 Å². The summed E-state index contributed by atoms with van der Waals surface area (Å²) in [4.78, 5) is 25.8. The minimum atomic E-state index is -0.691. The van der Waals surface area contributed by atoms with Gasteiger partial charge in [-0.1, -0.05) is 0 Å². The molecule has 2 bridgehead atoms. The summed E-state index contributed by atoms with van der Waals surface area (Å²) < 4.78 is 5.41. The Bertz CT molecular complexity index is 433. The van der Waals surface area contributed by atoms with Crippen LogP contribution in [-0.2, 0) is 9.53 Å². The largest absolute Gasteiger partial charge is 0.444 e. The quantitative estimate of drug-likeness (QED) is 0.673. The zero-order valence-corrected chi connectivity index (χ0v) is 11.7. The molecular formula is C14H20N2O3. The van der Waals surface area contributed by atoms with E-state index in [-0.39, 0.29) is 24.3 Å². The molecule has 3 unspecified atom stereocenters. The number of ketones is 1. The zero-order valence-electron chi connectivity index (χ0n) is 11.7. The van der Waals surface area contributed by atoms with Crippen LogP contribution in [0.2, 0.25) is 0 Å². The van der Waals surface area contributed by atoms with Crippen molar-refractivity contribution >= 4 is 11.9 Å². The highest BCUT2D eigenvalue weighted by Gasteiger charge is 2.47. The summed E-state index contributed by atoms with van der Waals surface area (Å²) in [5.41, 5.74) is -0.561. The fourth-order valence-corrected chi connectivity index (χ4v) is 2.97. The fourth-order valence-electron chi connectivity index (χ4n) is 2.97. The summed E-state index contributed by atoms with van der Waals surface area (Å²) in [6, 6.07) is 1.66. The van der Waals surface area contributed by atoms with Gasteiger partial charge < -0.3 is 9.64 Å². The van der Waals surface area contributed by atoms with Gasteiger partial charge in [0.1, 0.15) is 11.5 Å². The number of rotatable bonds is 0. The molecule has 0 N–H and O–H groups in total. The summed E-state index contributed by atoms with van der Waals surface area (Å²) in [6.45, 7) is 5.45. The summed E-state index contributed by atoms with van der Waals surface area (Å²) in [5.74, 6) is -0.721. The lowest BCUT2D eigenvalue weighted by Gasteiger charge is -2.47. The number of nitrogens with zero attached hydrogens (tertiary/aromatic N) is 2. The molecule has 2 fully saturated rings. The number of hydrogen-bond donors (Lipinski definition) is 0. The number of carbonyl (C=O) groups excluding carboxylic acids is 2. The first-order valence-electron chi connectivity index (χ1n) is 6.77. The van der Waals surface area contributed by atoms with Crippen LogP contribution >= 0.6 is 0 Å². The minimum Gasteiger partial charge on any atom is -0.444 e. The molecule has 2 saturated heterocycles. The number of fused-ring (bicyclic) bond motifs is 2. The zero-order chi connectivity index (χ0) is 14.2. The van der Waals surface area contributed by atoms with E-state index >= 15 is 0 Å². The number of nitriles is 1. The molecule has 0 saturated carbocycles. The van der Waals surface area contributed by atoms with Gasteiger partial charge in [0.2, 0.25) is 0 Å². The second kappa shape index (κ2) is 4.84. The highest BCUT2D eigenvalue weighted by molar-refractivity contribution is 5.87. The molecule has 3 atom stereocenters. The first-order valence-corrected chi connectivity index (χ1v) is 6.77. The van der Waals surface area contributed by atoms with Crippen molar-refractivity contribution in [3.8, 4) is 6.07 Å². The SMILES string of the molecule is CC(C)(C)OC(=O)N1C2CCCC1C(C#N)C(=O)C2. The van der Waals surface area contributed by atoms with Crippen molar-refractivity contribution in [1.29, 1.82) is 5.26 Å². The molecule has 0 radical (unpaired) electrons. The molecule has 2 aliphatic rings. The van der Waals surface area contributed by atoms with Crippen molar-refractivity contribution in [3.63, 3.8) is 0 Å². The van der Waals surface area contributed by atoms with Gasteiger partial charge in [0.25, 0.3) is 0 Å². The highest BCUT2D eigenvalue weighted by atomic mass is 16.6. The van der Waals surface area contributed by atoms with Gasteiger partial charge in [0.05, 0.1) is 12.1 Å². The molecule has 104 valence electrons. The summed E-state index contributed by atoms with van der Waals surface area (Å²) in [7, 11) is 0. The molecule has 19 heavy (non-hydrogen) atoms. The van der Waals surface area contributed by atoms with Gasteiger partial charge in [-0.05, 0) is 40.0 Å². The van der Waals surface area contributed by atoms with Crippen molar-refractivity contribution in [3.05, 3.63) is 0 Å². The van der Waals surface area contributed by atoms with Crippen LogP contribution < -0.4 is 0 Å². The topological polar surface area (TPSA) is 70.4 Å². The second-order valence-electron chi connectivity index (χ2n) is 6.32. The summed E-state index contributed by atoms with van der Waals surface area (Å²) in [5, 5.41) is 9.16. The van der Waals surface area contributed by atoms with Crippen LogP contribution in [0.3, 0.4) is 0 Å². The molecule has 0 spiro atoms. The Labute approximate surface area is 113 Å². The molecule has 0 aromatic carbocycles. The average Bonchev–Trinajstić information content (AvgIpc) is 2.26. The van der Waals surface area contributed by atoms with E-state index in [0.29, 0.717) is 6.42 Å². The van der Waals surface area contributed by atoms with Crippen LogP contribution in [0.4, 0.5) is 4.79 Å². The second-order valence-corrected chi connectivity index (χ2v) is 6.32. The van der Waals surface area contributed by atoms with E-state index in [4.69, 9.17) is 10.00 Å². The highest BCUT2D eigenvalue weighted by Crippen LogP contribution is 2.36. The number of ether oxygens (including phenoxy) is 1. The molecule has 0 aliphatic carbocycles. The van der Waals surface area contributed by atoms with E-state index in [0.717, 1.165) is 12.8 Å². The molecule has 2 rings (SSSR count). The van der Waals surface area contributed by atoms with Crippen molar-refractivity contribution in [2.75, 3.05) is 0 Å². The third kappa shape index (κ3) is 2.73. The maximum atomic E-state index is 12.3. The first-order chi connectivity index (χ1) is 8.83. The monoisotopic (exact) mass is 264 g/mol. The van der Waals surface area contributed by atoms with E-state index in [9.17, 15) is 9.59 Å².